The smallest absolute Gasteiger partial charge is 0.0682 e. The maximum Gasteiger partial charge on any atom is 0.0682 e. The highest BCUT2D eigenvalue weighted by atomic mass is 16.3. The molecule has 0 aromatic heterocycles. The maximum atomic E-state index is 9.85. The molecule has 1 aliphatic heterocycles. The number of hydrogen-bond acceptors (Lipinski definition) is 2. The van der Waals surface area contributed by atoms with Crippen LogP contribution in [0.25, 0.3) is 0 Å². The lowest BCUT2D eigenvalue weighted by Gasteiger charge is -2.38. The third-order valence-electron chi connectivity index (χ3n) is 4.11. The molecule has 1 aliphatic carbocycles. The van der Waals surface area contributed by atoms with Gasteiger partial charge in [-0.2, -0.15) is 0 Å². The van der Waals surface area contributed by atoms with Crippen LogP contribution in [0.3, 0.4) is 0 Å². The van der Waals surface area contributed by atoms with Gasteiger partial charge in [-0.1, -0.05) is 33.6 Å². The zero-order valence-corrected chi connectivity index (χ0v) is 10.4. The minimum Gasteiger partial charge on any atom is -0.392 e. The molecule has 0 amide bonds. The van der Waals surface area contributed by atoms with Gasteiger partial charge in [0, 0.05) is 18.6 Å². The van der Waals surface area contributed by atoms with E-state index in [2.05, 4.69) is 25.7 Å². The van der Waals surface area contributed by atoms with Gasteiger partial charge in [0.05, 0.1) is 6.10 Å². The van der Waals surface area contributed by atoms with Gasteiger partial charge in [0.25, 0.3) is 0 Å². The normalized spacial score (nSPS) is 35.2. The van der Waals surface area contributed by atoms with E-state index < -0.39 is 0 Å². The molecule has 0 aromatic carbocycles. The summed E-state index contributed by atoms with van der Waals surface area (Å²) in [5.41, 5.74) is 0.306. The molecule has 1 saturated carbocycles. The number of nitrogens with zero attached hydrogens (tertiary/aromatic N) is 1. The van der Waals surface area contributed by atoms with Crippen molar-refractivity contribution in [2.24, 2.45) is 5.41 Å². The molecule has 2 nitrogen and oxygen atoms in total. The fraction of sp³-hybridized carbons (Fsp3) is 1.00. The van der Waals surface area contributed by atoms with Crippen LogP contribution in [0.4, 0.5) is 0 Å². The van der Waals surface area contributed by atoms with E-state index in [9.17, 15) is 5.11 Å². The number of aliphatic hydroxyl groups excluding tert-OH is 1. The van der Waals surface area contributed by atoms with E-state index in [1.807, 2.05) is 0 Å². The first-order valence-corrected chi connectivity index (χ1v) is 6.42. The molecule has 88 valence electrons. The fourth-order valence-corrected chi connectivity index (χ4v) is 3.33. The van der Waals surface area contributed by atoms with Crippen molar-refractivity contribution in [3.63, 3.8) is 0 Å². The average Bonchev–Trinajstić information content (AvgIpc) is 2.68. The van der Waals surface area contributed by atoms with Crippen LogP contribution < -0.4 is 0 Å². The Hall–Kier alpha value is -0.0800. The molecule has 0 radical (unpaired) electrons. The third-order valence-corrected chi connectivity index (χ3v) is 4.11. The quantitative estimate of drug-likeness (QED) is 0.720. The lowest BCUT2D eigenvalue weighted by molar-refractivity contribution is 0.0963. The summed E-state index contributed by atoms with van der Waals surface area (Å²) in [5, 5.41) is 9.85. The molecule has 0 spiro atoms. The molecule has 2 rings (SSSR count). The Balaban J connectivity index is 2.07. The summed E-state index contributed by atoms with van der Waals surface area (Å²) in [7, 11) is 0. The van der Waals surface area contributed by atoms with Crippen LogP contribution in [0.2, 0.25) is 0 Å². The summed E-state index contributed by atoms with van der Waals surface area (Å²) in [6.07, 6.45) is 6.34. The largest absolute Gasteiger partial charge is 0.392 e. The van der Waals surface area contributed by atoms with Crippen molar-refractivity contribution >= 4 is 0 Å². The topological polar surface area (TPSA) is 23.5 Å². The third kappa shape index (κ3) is 2.36. The second-order valence-electron chi connectivity index (χ2n) is 6.41. The summed E-state index contributed by atoms with van der Waals surface area (Å²) < 4.78 is 0. The van der Waals surface area contributed by atoms with Crippen LogP contribution in [-0.2, 0) is 0 Å². The minimum atomic E-state index is -0.0881. The summed E-state index contributed by atoms with van der Waals surface area (Å²) in [5.74, 6) is 0. The average molecular weight is 211 g/mol. The lowest BCUT2D eigenvalue weighted by Crippen LogP contribution is -2.44. The Kier molecular flexibility index (Phi) is 3.09. The van der Waals surface area contributed by atoms with Gasteiger partial charge in [-0.05, 0) is 24.7 Å². The molecule has 2 atom stereocenters. The van der Waals surface area contributed by atoms with Crippen molar-refractivity contribution in [2.75, 3.05) is 6.54 Å². The van der Waals surface area contributed by atoms with Crippen molar-refractivity contribution in [3.05, 3.63) is 0 Å². The van der Waals surface area contributed by atoms with Crippen LogP contribution in [-0.4, -0.2) is 34.7 Å². The highest BCUT2D eigenvalue weighted by Crippen LogP contribution is 2.37. The number of rotatable bonds is 1. The van der Waals surface area contributed by atoms with Gasteiger partial charge in [0.15, 0.2) is 0 Å². The summed E-state index contributed by atoms with van der Waals surface area (Å²) in [6.45, 7) is 7.82. The van der Waals surface area contributed by atoms with Crippen LogP contribution in [0.5, 0.6) is 0 Å². The maximum absolute atomic E-state index is 9.85. The monoisotopic (exact) mass is 211 g/mol. The van der Waals surface area contributed by atoms with E-state index in [1.54, 1.807) is 0 Å². The molecule has 2 aliphatic rings. The van der Waals surface area contributed by atoms with E-state index in [1.165, 1.54) is 25.7 Å². The molecule has 1 unspecified atom stereocenters. The molecule has 1 heterocycles. The predicted molar refractivity (Wildman–Crippen MR) is 62.8 cm³/mol. The van der Waals surface area contributed by atoms with Crippen LogP contribution in [0, 0.1) is 5.41 Å². The molecule has 2 heteroatoms. The van der Waals surface area contributed by atoms with Crippen molar-refractivity contribution in [3.8, 4) is 0 Å². The molecule has 0 bridgehead atoms. The second kappa shape index (κ2) is 4.06. The van der Waals surface area contributed by atoms with E-state index in [0.29, 0.717) is 11.5 Å². The second-order valence-corrected chi connectivity index (χ2v) is 6.41. The first-order chi connectivity index (χ1) is 6.98. The lowest BCUT2D eigenvalue weighted by atomic mass is 9.84. The first-order valence-electron chi connectivity index (χ1n) is 6.42. The van der Waals surface area contributed by atoms with Crippen LogP contribution in [0.1, 0.15) is 52.9 Å². The van der Waals surface area contributed by atoms with Gasteiger partial charge in [-0.25, -0.2) is 0 Å². The van der Waals surface area contributed by atoms with Gasteiger partial charge < -0.3 is 5.11 Å². The summed E-state index contributed by atoms with van der Waals surface area (Å²) in [4.78, 5) is 2.59. The SMILES string of the molecule is CC(C)(C)C1C[C@@H](O)CN1C1CCCC1. The standard InChI is InChI=1S/C13H25NO/c1-13(2,3)12-8-11(15)9-14(12)10-6-4-5-7-10/h10-12,15H,4-9H2,1-3H3/t11-,12?/m1/s1. The van der Waals surface area contributed by atoms with Gasteiger partial charge >= 0.3 is 0 Å². The molecule has 0 aromatic rings. The number of aliphatic hydroxyl groups is 1. The van der Waals surface area contributed by atoms with E-state index in [4.69, 9.17) is 0 Å². The van der Waals surface area contributed by atoms with E-state index >= 15 is 0 Å². The number of hydrogen-bond donors (Lipinski definition) is 1. The molecular formula is C13H25NO. The summed E-state index contributed by atoms with van der Waals surface area (Å²) in [6, 6.07) is 1.34. The zero-order chi connectivity index (χ0) is 11.1. The Labute approximate surface area is 93.7 Å². The number of likely N-dealkylation sites (tertiary alicyclic amines) is 1. The Morgan fingerprint density at radius 2 is 1.73 bits per heavy atom. The van der Waals surface area contributed by atoms with Gasteiger partial charge in [0.2, 0.25) is 0 Å². The summed E-state index contributed by atoms with van der Waals surface area (Å²) >= 11 is 0. The predicted octanol–water partition coefficient (Wildman–Crippen LogP) is 2.41. The molecule has 1 saturated heterocycles. The Morgan fingerprint density at radius 3 is 2.27 bits per heavy atom. The fourth-order valence-electron chi connectivity index (χ4n) is 3.33. The van der Waals surface area contributed by atoms with Gasteiger partial charge in [-0.15, -0.1) is 0 Å². The van der Waals surface area contributed by atoms with Crippen molar-refractivity contribution in [1.82, 2.24) is 4.90 Å². The number of β-amino-alcohol motifs (C(OH)–C–C–N with tert-alkyl or cyclic N) is 1. The molecular weight excluding hydrogens is 186 g/mol. The molecule has 2 fully saturated rings. The van der Waals surface area contributed by atoms with Crippen molar-refractivity contribution in [2.45, 2.75) is 71.1 Å². The highest BCUT2D eigenvalue weighted by Gasteiger charge is 2.41. The minimum absolute atomic E-state index is 0.0881. The van der Waals surface area contributed by atoms with Gasteiger partial charge in [-0.3, -0.25) is 4.90 Å². The van der Waals surface area contributed by atoms with Crippen molar-refractivity contribution < 1.29 is 5.11 Å². The van der Waals surface area contributed by atoms with Crippen molar-refractivity contribution in [1.29, 1.82) is 0 Å². The van der Waals surface area contributed by atoms with Gasteiger partial charge in [0.1, 0.15) is 0 Å². The molecule has 1 N–H and O–H groups in total. The van der Waals surface area contributed by atoms with Crippen LogP contribution >= 0.6 is 0 Å². The Bertz CT molecular complexity index is 215. The zero-order valence-electron chi connectivity index (χ0n) is 10.4. The van der Waals surface area contributed by atoms with E-state index in [0.717, 1.165) is 19.0 Å². The molecule has 15 heavy (non-hydrogen) atoms. The van der Waals surface area contributed by atoms with E-state index in [-0.39, 0.29) is 6.10 Å². The highest BCUT2D eigenvalue weighted by molar-refractivity contribution is 4.96. The first kappa shape index (κ1) is 11.4. The Morgan fingerprint density at radius 1 is 1.13 bits per heavy atom. The van der Waals surface area contributed by atoms with Crippen LogP contribution in [0.15, 0.2) is 0 Å².